The van der Waals surface area contributed by atoms with Crippen molar-refractivity contribution in [2.45, 2.75) is 12.5 Å². The van der Waals surface area contributed by atoms with Gasteiger partial charge in [0.15, 0.2) is 0 Å². The van der Waals surface area contributed by atoms with Gasteiger partial charge in [0.1, 0.15) is 7.85 Å². The van der Waals surface area contributed by atoms with E-state index in [1.54, 1.807) is 11.3 Å². The van der Waals surface area contributed by atoms with Gasteiger partial charge in [0, 0.05) is 4.88 Å². The third-order valence-electron chi connectivity index (χ3n) is 1.62. The highest BCUT2D eigenvalue weighted by atomic mass is 32.1. The van der Waals surface area contributed by atoms with E-state index in [0.717, 1.165) is 4.88 Å². The predicted octanol–water partition coefficient (Wildman–Crippen LogP) is -0.827. The van der Waals surface area contributed by atoms with Crippen LogP contribution in [0.3, 0.4) is 0 Å². The van der Waals surface area contributed by atoms with Crippen molar-refractivity contribution in [1.29, 1.82) is 0 Å². The summed E-state index contributed by atoms with van der Waals surface area (Å²) in [6, 6.07) is 2.01. The van der Waals surface area contributed by atoms with Crippen molar-refractivity contribution < 1.29 is 5.11 Å². The van der Waals surface area contributed by atoms with Crippen molar-refractivity contribution in [1.82, 2.24) is 0 Å². The molecule has 0 fully saturated rings. The third-order valence-corrected chi connectivity index (χ3v) is 2.95. The van der Waals surface area contributed by atoms with Crippen molar-refractivity contribution in [3.8, 4) is 0 Å². The Balaban J connectivity index is 2.92. The maximum atomic E-state index is 8.94. The Bertz CT molecular complexity index is 246. The second-order valence-electron chi connectivity index (χ2n) is 3.06. The van der Waals surface area contributed by atoms with Gasteiger partial charge in [-0.15, -0.1) is 11.3 Å². The zero-order chi connectivity index (χ0) is 8.48. The average molecular weight is 169 g/mol. The number of thiophene rings is 1. The van der Waals surface area contributed by atoms with E-state index in [1.807, 2.05) is 26.2 Å². The van der Waals surface area contributed by atoms with Crippen LogP contribution in [0.5, 0.6) is 0 Å². The van der Waals surface area contributed by atoms with Crippen LogP contribution in [-0.4, -0.2) is 19.6 Å². The van der Waals surface area contributed by atoms with E-state index in [2.05, 4.69) is 0 Å². The number of nitrogens with two attached hydrogens (primary N) is 1. The van der Waals surface area contributed by atoms with Crippen LogP contribution in [0.2, 0.25) is 0 Å². The smallest absolute Gasteiger partial charge is 0.140 e. The molecule has 0 aliphatic rings. The van der Waals surface area contributed by atoms with E-state index in [9.17, 15) is 0 Å². The Labute approximate surface area is 71.5 Å². The zero-order valence-electron chi connectivity index (χ0n) is 6.79. The Morgan fingerprint density at radius 3 is 2.82 bits per heavy atom. The second kappa shape index (κ2) is 2.97. The SMILES string of the molecule is Bc1csc(C(C)(N)CO)c1. The van der Waals surface area contributed by atoms with Gasteiger partial charge < -0.3 is 10.8 Å². The monoisotopic (exact) mass is 169 g/mol. The lowest BCUT2D eigenvalue weighted by Crippen LogP contribution is -2.36. The number of aliphatic hydroxyl groups is 1. The highest BCUT2D eigenvalue weighted by Crippen LogP contribution is 2.20. The van der Waals surface area contributed by atoms with Gasteiger partial charge in [-0.05, 0) is 12.3 Å². The minimum Gasteiger partial charge on any atom is -0.394 e. The zero-order valence-corrected chi connectivity index (χ0v) is 7.61. The highest BCUT2D eigenvalue weighted by molar-refractivity contribution is 7.11. The molecule has 0 aromatic carbocycles. The maximum Gasteiger partial charge on any atom is 0.140 e. The molecule has 0 aliphatic heterocycles. The standard InChI is InChI=1S/C7H12BNOS/c1-7(9,4-10)6-2-5(8)3-11-6/h2-3,10H,4,8-9H2,1H3. The molecule has 3 N–H and O–H groups in total. The summed E-state index contributed by atoms with van der Waals surface area (Å²) in [7, 11) is 2.02. The molecule has 0 saturated carbocycles. The van der Waals surface area contributed by atoms with Gasteiger partial charge in [0.2, 0.25) is 0 Å². The van der Waals surface area contributed by atoms with Crippen molar-refractivity contribution in [2.75, 3.05) is 6.61 Å². The van der Waals surface area contributed by atoms with E-state index >= 15 is 0 Å². The van der Waals surface area contributed by atoms with Gasteiger partial charge in [0.25, 0.3) is 0 Å². The first-order valence-corrected chi connectivity index (χ1v) is 4.39. The van der Waals surface area contributed by atoms with E-state index in [0.29, 0.717) is 0 Å². The summed E-state index contributed by atoms with van der Waals surface area (Å²) < 4.78 is 0. The largest absolute Gasteiger partial charge is 0.394 e. The van der Waals surface area contributed by atoms with Crippen LogP contribution in [0.15, 0.2) is 11.4 Å². The van der Waals surface area contributed by atoms with Crippen LogP contribution in [-0.2, 0) is 5.54 Å². The fraction of sp³-hybridized carbons (Fsp3) is 0.429. The van der Waals surface area contributed by atoms with Gasteiger partial charge in [0.05, 0.1) is 12.1 Å². The summed E-state index contributed by atoms with van der Waals surface area (Å²) in [6.07, 6.45) is 0. The lowest BCUT2D eigenvalue weighted by atomic mass is 9.96. The van der Waals surface area contributed by atoms with Gasteiger partial charge in [-0.1, -0.05) is 11.5 Å². The summed E-state index contributed by atoms with van der Waals surface area (Å²) in [4.78, 5) is 1.04. The molecule has 0 spiro atoms. The van der Waals surface area contributed by atoms with Crippen LogP contribution >= 0.6 is 11.3 Å². The first-order valence-electron chi connectivity index (χ1n) is 3.51. The first-order chi connectivity index (χ1) is 5.06. The number of hydrogen-bond donors (Lipinski definition) is 2. The number of aliphatic hydroxyl groups excluding tert-OH is 1. The van der Waals surface area contributed by atoms with E-state index in [-0.39, 0.29) is 6.61 Å². The minimum absolute atomic E-state index is 0.00699. The molecule has 0 aliphatic carbocycles. The Kier molecular flexibility index (Phi) is 2.37. The summed E-state index contributed by atoms with van der Waals surface area (Å²) in [5.74, 6) is 0. The summed E-state index contributed by atoms with van der Waals surface area (Å²) in [5, 5.41) is 11.0. The maximum absolute atomic E-state index is 8.94. The molecule has 0 amide bonds. The van der Waals surface area contributed by atoms with Crippen molar-refractivity contribution in [3.63, 3.8) is 0 Å². The van der Waals surface area contributed by atoms with Crippen LogP contribution in [0, 0.1) is 0 Å². The molecule has 1 atom stereocenters. The third kappa shape index (κ3) is 1.83. The summed E-state index contributed by atoms with van der Waals surface area (Å²) in [6.45, 7) is 1.82. The number of hydrogen-bond acceptors (Lipinski definition) is 3. The predicted molar refractivity (Wildman–Crippen MR) is 51.1 cm³/mol. The molecule has 60 valence electrons. The molecule has 4 heteroatoms. The minimum atomic E-state index is -0.571. The quantitative estimate of drug-likeness (QED) is 0.568. The molecule has 2 nitrogen and oxygen atoms in total. The Morgan fingerprint density at radius 1 is 1.82 bits per heavy atom. The second-order valence-corrected chi connectivity index (χ2v) is 3.98. The van der Waals surface area contributed by atoms with Gasteiger partial charge >= 0.3 is 0 Å². The summed E-state index contributed by atoms with van der Waals surface area (Å²) >= 11 is 1.60. The Hall–Kier alpha value is -0.315. The van der Waals surface area contributed by atoms with E-state index < -0.39 is 5.54 Å². The summed E-state index contributed by atoms with van der Waals surface area (Å²) in [5.41, 5.74) is 6.44. The van der Waals surface area contributed by atoms with Gasteiger partial charge in [-0.2, -0.15) is 0 Å². The molecular weight excluding hydrogens is 157 g/mol. The molecule has 0 radical (unpaired) electrons. The average Bonchev–Trinajstić information content (AvgIpc) is 2.36. The van der Waals surface area contributed by atoms with Crippen LogP contribution < -0.4 is 11.2 Å². The van der Waals surface area contributed by atoms with Crippen molar-refractivity contribution in [3.05, 3.63) is 16.3 Å². The van der Waals surface area contributed by atoms with E-state index in [4.69, 9.17) is 10.8 Å². The van der Waals surface area contributed by atoms with Gasteiger partial charge in [-0.25, -0.2) is 0 Å². The molecule has 11 heavy (non-hydrogen) atoms. The lowest BCUT2D eigenvalue weighted by molar-refractivity contribution is 0.212. The van der Waals surface area contributed by atoms with Crippen LogP contribution in [0.1, 0.15) is 11.8 Å². The van der Waals surface area contributed by atoms with Gasteiger partial charge in [-0.3, -0.25) is 0 Å². The van der Waals surface area contributed by atoms with Crippen LogP contribution in [0.4, 0.5) is 0 Å². The molecule has 1 aromatic heterocycles. The lowest BCUT2D eigenvalue weighted by Gasteiger charge is -2.19. The molecule has 1 rings (SSSR count). The molecule has 1 aromatic rings. The fourth-order valence-electron chi connectivity index (χ4n) is 0.809. The normalized spacial score (nSPS) is 16.3. The van der Waals surface area contributed by atoms with Crippen molar-refractivity contribution in [2.24, 2.45) is 5.73 Å². The number of rotatable bonds is 2. The molecule has 1 heterocycles. The molecular formula is C7H12BNOS. The topological polar surface area (TPSA) is 46.2 Å². The Morgan fingerprint density at radius 2 is 2.45 bits per heavy atom. The van der Waals surface area contributed by atoms with Crippen LogP contribution in [0.25, 0.3) is 0 Å². The van der Waals surface area contributed by atoms with Crippen molar-refractivity contribution >= 4 is 24.6 Å². The van der Waals surface area contributed by atoms with E-state index in [1.165, 1.54) is 5.46 Å². The highest BCUT2D eigenvalue weighted by Gasteiger charge is 2.20. The molecule has 1 unspecified atom stereocenters. The first kappa shape index (κ1) is 8.78. The molecule has 0 bridgehead atoms. The fourth-order valence-corrected chi connectivity index (χ4v) is 1.78. The molecule has 0 saturated heterocycles.